The molecule has 1 aliphatic carbocycles. The van der Waals surface area contributed by atoms with Crippen LogP contribution in [0.4, 0.5) is 0 Å². The molecule has 0 spiro atoms. The molecule has 2 heterocycles. The van der Waals surface area contributed by atoms with Gasteiger partial charge in [0.25, 0.3) is 0 Å². The summed E-state index contributed by atoms with van der Waals surface area (Å²) in [6.07, 6.45) is 12.4. The Labute approximate surface area is 317 Å². The number of unbranched alkanes of at least 4 members (excludes halogenated alkanes) is 6. The van der Waals surface area contributed by atoms with Gasteiger partial charge in [0.1, 0.15) is 0 Å². The third-order valence-electron chi connectivity index (χ3n) is 12.9. The molecule has 0 saturated carbocycles. The second kappa shape index (κ2) is 14.3. The Bertz CT molecular complexity index is 2160. The summed E-state index contributed by atoms with van der Waals surface area (Å²) in [5.74, 6) is 0. The van der Waals surface area contributed by atoms with Gasteiger partial charge in [0.05, 0.1) is 22.2 Å². The number of benzene rings is 5. The number of nitrogens with zero attached hydrogens (tertiary/aromatic N) is 1. The molecule has 1 saturated heterocycles. The van der Waals surface area contributed by atoms with Crippen LogP contribution in [-0.4, -0.2) is 22.9 Å². The van der Waals surface area contributed by atoms with E-state index in [1.165, 1.54) is 125 Å². The molecule has 5 aromatic carbocycles. The Morgan fingerprint density at radius 3 is 1.60 bits per heavy atom. The zero-order valence-electron chi connectivity index (χ0n) is 32.8. The zero-order valence-corrected chi connectivity index (χ0v) is 32.8. The van der Waals surface area contributed by atoms with E-state index < -0.39 is 0 Å². The Hall–Kier alpha value is -4.12. The molecule has 4 heteroatoms. The third kappa shape index (κ3) is 6.26. The number of para-hydroxylation sites is 2. The molecule has 2 aliphatic rings. The van der Waals surface area contributed by atoms with Crippen molar-refractivity contribution in [3.05, 3.63) is 120 Å². The van der Waals surface area contributed by atoms with Gasteiger partial charge in [-0.3, -0.25) is 0 Å². The van der Waals surface area contributed by atoms with Crippen LogP contribution in [0.3, 0.4) is 0 Å². The maximum absolute atomic E-state index is 6.62. The van der Waals surface area contributed by atoms with E-state index in [2.05, 4.69) is 155 Å². The van der Waals surface area contributed by atoms with Gasteiger partial charge in [-0.2, -0.15) is 0 Å². The third-order valence-corrected chi connectivity index (χ3v) is 12.9. The van der Waals surface area contributed by atoms with Crippen LogP contribution in [-0.2, 0) is 14.7 Å². The van der Waals surface area contributed by atoms with Crippen molar-refractivity contribution in [3.8, 4) is 27.9 Å². The first-order valence-electron chi connectivity index (χ1n) is 20.4. The fraction of sp³-hybridized carbons (Fsp3) is 0.388. The normalized spacial score (nSPS) is 16.8. The van der Waals surface area contributed by atoms with Gasteiger partial charge >= 0.3 is 7.12 Å². The zero-order chi connectivity index (χ0) is 36.8. The van der Waals surface area contributed by atoms with Gasteiger partial charge in [-0.1, -0.05) is 144 Å². The monoisotopic (exact) mass is 701 g/mol. The van der Waals surface area contributed by atoms with Gasteiger partial charge in [0.2, 0.25) is 0 Å². The van der Waals surface area contributed by atoms with E-state index in [1.807, 2.05) is 0 Å². The molecule has 6 aromatic rings. The predicted octanol–water partition coefficient (Wildman–Crippen LogP) is 13.0. The van der Waals surface area contributed by atoms with E-state index in [4.69, 9.17) is 9.31 Å². The molecule has 0 N–H and O–H groups in total. The van der Waals surface area contributed by atoms with Crippen LogP contribution in [0.25, 0.3) is 49.7 Å². The van der Waals surface area contributed by atoms with Gasteiger partial charge in [-0.05, 0) is 110 Å². The average Bonchev–Trinajstić information content (AvgIpc) is 3.73. The van der Waals surface area contributed by atoms with Crippen LogP contribution in [0.1, 0.15) is 117 Å². The molecule has 0 unspecified atom stereocenters. The van der Waals surface area contributed by atoms with E-state index in [-0.39, 0.29) is 23.7 Å². The minimum absolute atomic E-state index is 0.0370. The van der Waals surface area contributed by atoms with Crippen LogP contribution in [0.5, 0.6) is 0 Å². The molecule has 53 heavy (non-hydrogen) atoms. The number of hydrogen-bond donors (Lipinski definition) is 0. The maximum atomic E-state index is 6.62. The number of hydrogen-bond acceptors (Lipinski definition) is 2. The van der Waals surface area contributed by atoms with Crippen LogP contribution in [0.15, 0.2) is 109 Å². The summed E-state index contributed by atoms with van der Waals surface area (Å²) >= 11 is 0. The highest BCUT2D eigenvalue weighted by atomic mass is 16.7. The van der Waals surface area contributed by atoms with Crippen LogP contribution in [0, 0.1) is 0 Å². The van der Waals surface area contributed by atoms with Gasteiger partial charge in [-0.25, -0.2) is 0 Å². The first kappa shape index (κ1) is 35.9. The SMILES string of the molecule is CCCCCCC1(CCCCCC)c2cc(B3OC(C)(C)C(C)(C)O3)ccc2-c2ccc(-c3ccc(-n4c5ccccc5c5ccccc54)cc3)cc21. The van der Waals surface area contributed by atoms with E-state index in [1.54, 1.807) is 0 Å². The van der Waals surface area contributed by atoms with Crippen molar-refractivity contribution >= 4 is 34.4 Å². The van der Waals surface area contributed by atoms with Crippen LogP contribution in [0.2, 0.25) is 0 Å². The van der Waals surface area contributed by atoms with Crippen molar-refractivity contribution < 1.29 is 9.31 Å². The van der Waals surface area contributed by atoms with E-state index in [0.29, 0.717) is 0 Å². The lowest BCUT2D eigenvalue weighted by Gasteiger charge is -2.33. The molecule has 1 fully saturated rings. The summed E-state index contributed by atoms with van der Waals surface area (Å²) in [5, 5.41) is 2.59. The molecule has 0 atom stereocenters. The highest BCUT2D eigenvalue weighted by Gasteiger charge is 2.52. The second-order valence-corrected chi connectivity index (χ2v) is 16.8. The number of fused-ring (bicyclic) bond motifs is 6. The molecule has 0 amide bonds. The van der Waals surface area contributed by atoms with E-state index in [0.717, 1.165) is 5.46 Å². The standard InChI is InChI=1S/C49H56BNO2/c1-7-9-11-17-31-49(32-18-12-10-8-2)43-33-36(25-29-39(43)40-30-26-37(34-44(40)49)50-52-47(3,4)48(5,6)53-50)35-23-27-38(28-24-35)51-45-21-15-13-19-41(45)42-20-14-16-22-46(42)51/h13-16,19-30,33-34H,7-12,17-18,31-32H2,1-6H3. The van der Waals surface area contributed by atoms with Crippen LogP contribution >= 0.6 is 0 Å². The highest BCUT2D eigenvalue weighted by molar-refractivity contribution is 6.62. The minimum atomic E-state index is -0.372. The maximum Gasteiger partial charge on any atom is 0.494 e. The fourth-order valence-corrected chi connectivity index (χ4v) is 9.19. The molecule has 8 rings (SSSR count). The Kier molecular flexibility index (Phi) is 9.66. The van der Waals surface area contributed by atoms with Crippen molar-refractivity contribution in [2.75, 3.05) is 0 Å². The Morgan fingerprint density at radius 2 is 1.04 bits per heavy atom. The molecular weight excluding hydrogens is 645 g/mol. The molecule has 1 aliphatic heterocycles. The Morgan fingerprint density at radius 1 is 0.528 bits per heavy atom. The second-order valence-electron chi connectivity index (χ2n) is 16.8. The predicted molar refractivity (Wildman–Crippen MR) is 226 cm³/mol. The topological polar surface area (TPSA) is 23.4 Å². The van der Waals surface area contributed by atoms with Gasteiger partial charge in [0, 0.05) is 21.9 Å². The summed E-state index contributed by atoms with van der Waals surface area (Å²) in [6, 6.07) is 41.2. The van der Waals surface area contributed by atoms with Crippen molar-refractivity contribution in [2.45, 2.75) is 122 Å². The molecule has 0 bridgehead atoms. The summed E-state index contributed by atoms with van der Waals surface area (Å²) in [6.45, 7) is 13.2. The minimum Gasteiger partial charge on any atom is -0.399 e. The van der Waals surface area contributed by atoms with Gasteiger partial charge in [0.15, 0.2) is 0 Å². The number of rotatable bonds is 13. The molecular formula is C49H56BNO2. The average molecular weight is 702 g/mol. The fourth-order valence-electron chi connectivity index (χ4n) is 9.19. The smallest absolute Gasteiger partial charge is 0.399 e. The highest BCUT2D eigenvalue weighted by Crippen LogP contribution is 2.55. The largest absolute Gasteiger partial charge is 0.494 e. The van der Waals surface area contributed by atoms with Gasteiger partial charge in [-0.15, -0.1) is 0 Å². The lowest BCUT2D eigenvalue weighted by Crippen LogP contribution is -2.41. The van der Waals surface area contributed by atoms with Crippen molar-refractivity contribution in [3.63, 3.8) is 0 Å². The summed E-state index contributed by atoms with van der Waals surface area (Å²) in [7, 11) is -0.365. The first-order valence-corrected chi connectivity index (χ1v) is 20.4. The van der Waals surface area contributed by atoms with Crippen LogP contribution < -0.4 is 5.46 Å². The molecule has 1 aromatic heterocycles. The van der Waals surface area contributed by atoms with E-state index >= 15 is 0 Å². The molecule has 272 valence electrons. The first-order chi connectivity index (χ1) is 25.7. The summed E-state index contributed by atoms with van der Waals surface area (Å²) in [5.41, 5.74) is 12.4. The molecule has 3 nitrogen and oxygen atoms in total. The van der Waals surface area contributed by atoms with Crippen molar-refractivity contribution in [2.24, 2.45) is 0 Å². The summed E-state index contributed by atoms with van der Waals surface area (Å²) in [4.78, 5) is 0. The lowest BCUT2D eigenvalue weighted by molar-refractivity contribution is 0.00578. The molecule has 0 radical (unpaired) electrons. The Balaban J connectivity index is 1.21. The van der Waals surface area contributed by atoms with Gasteiger partial charge < -0.3 is 13.9 Å². The summed E-state index contributed by atoms with van der Waals surface area (Å²) < 4.78 is 15.6. The number of aromatic nitrogens is 1. The van der Waals surface area contributed by atoms with Crippen molar-refractivity contribution in [1.29, 1.82) is 0 Å². The lowest BCUT2D eigenvalue weighted by atomic mass is 9.68. The quantitative estimate of drug-likeness (QED) is 0.0884. The van der Waals surface area contributed by atoms with E-state index in [9.17, 15) is 0 Å². The van der Waals surface area contributed by atoms with Crippen molar-refractivity contribution in [1.82, 2.24) is 4.57 Å².